The van der Waals surface area contributed by atoms with Crippen molar-refractivity contribution in [3.8, 4) is 0 Å². The quantitative estimate of drug-likeness (QED) is 0.705. The normalized spacial score (nSPS) is 23.9. The Balaban J connectivity index is 1.32. The van der Waals surface area contributed by atoms with E-state index in [0.29, 0.717) is 45.6 Å². The predicted octanol–water partition coefficient (Wildman–Crippen LogP) is 3.00. The molecular weight excluding hydrogens is 438 g/mol. The zero-order valence-corrected chi connectivity index (χ0v) is 19.1. The summed E-state index contributed by atoms with van der Waals surface area (Å²) in [5.41, 5.74) is 0.350. The minimum atomic E-state index is -3.67. The second kappa shape index (κ2) is 7.88. The standard InChI is InChI=1S/C21H30F2N6O2S/c1-2-28(13-16-3-6-21(22,23)7-4-16)32(30,31)29-12-11-27(14-20(29)8-9-20)19-17-5-10-24-18(17)25-15-26-19/h5,10,15-16H,2-4,6-9,11-14H2,1H3,(H,24,25,26). The highest BCUT2D eigenvalue weighted by atomic mass is 32.2. The molecule has 2 aliphatic carbocycles. The molecule has 11 heteroatoms. The largest absolute Gasteiger partial charge is 0.353 e. The van der Waals surface area contributed by atoms with Crippen LogP contribution in [-0.2, 0) is 10.2 Å². The summed E-state index contributed by atoms with van der Waals surface area (Å²) in [6, 6.07) is 1.94. The number of rotatable bonds is 6. The number of aromatic nitrogens is 3. The average molecular weight is 469 g/mol. The molecule has 1 spiro atoms. The van der Waals surface area contributed by atoms with Crippen LogP contribution in [0.1, 0.15) is 45.4 Å². The van der Waals surface area contributed by atoms with E-state index in [1.165, 1.54) is 10.6 Å². The molecule has 8 nitrogen and oxygen atoms in total. The Kier molecular flexibility index (Phi) is 5.41. The molecule has 2 saturated carbocycles. The summed E-state index contributed by atoms with van der Waals surface area (Å²) in [5, 5.41) is 0.934. The Morgan fingerprint density at radius 1 is 1.19 bits per heavy atom. The van der Waals surface area contributed by atoms with Crippen molar-refractivity contribution in [2.24, 2.45) is 5.92 Å². The van der Waals surface area contributed by atoms with E-state index in [0.717, 1.165) is 29.7 Å². The van der Waals surface area contributed by atoms with Crippen molar-refractivity contribution >= 4 is 27.1 Å². The summed E-state index contributed by atoms with van der Waals surface area (Å²) < 4.78 is 57.5. The molecular formula is C21H30F2N6O2S. The van der Waals surface area contributed by atoms with Crippen molar-refractivity contribution in [3.63, 3.8) is 0 Å². The van der Waals surface area contributed by atoms with Gasteiger partial charge in [-0.05, 0) is 37.7 Å². The van der Waals surface area contributed by atoms with E-state index in [2.05, 4.69) is 19.9 Å². The van der Waals surface area contributed by atoms with Gasteiger partial charge in [0.05, 0.1) is 10.9 Å². The summed E-state index contributed by atoms with van der Waals surface area (Å²) in [5.74, 6) is -1.79. The van der Waals surface area contributed by atoms with E-state index in [9.17, 15) is 17.2 Å². The first-order valence-corrected chi connectivity index (χ1v) is 12.8. The summed E-state index contributed by atoms with van der Waals surface area (Å²) in [6.45, 7) is 4.02. The van der Waals surface area contributed by atoms with Gasteiger partial charge in [-0.1, -0.05) is 6.92 Å². The Morgan fingerprint density at radius 3 is 2.62 bits per heavy atom. The molecule has 1 N–H and O–H groups in total. The van der Waals surface area contributed by atoms with Gasteiger partial charge in [-0.25, -0.2) is 18.7 Å². The van der Waals surface area contributed by atoms with Crippen molar-refractivity contribution in [1.29, 1.82) is 0 Å². The molecule has 0 amide bonds. The van der Waals surface area contributed by atoms with Crippen LogP contribution in [0.15, 0.2) is 18.6 Å². The van der Waals surface area contributed by atoms with Crippen LogP contribution in [0.3, 0.4) is 0 Å². The molecule has 2 aromatic rings. The molecule has 0 atom stereocenters. The lowest BCUT2D eigenvalue weighted by Crippen LogP contribution is -2.60. The van der Waals surface area contributed by atoms with Gasteiger partial charge in [-0.15, -0.1) is 0 Å². The topological polar surface area (TPSA) is 85.4 Å². The lowest BCUT2D eigenvalue weighted by molar-refractivity contribution is -0.0470. The highest BCUT2D eigenvalue weighted by Gasteiger charge is 2.57. The molecule has 2 aromatic heterocycles. The second-order valence-electron chi connectivity index (χ2n) is 9.41. The number of hydrogen-bond donors (Lipinski definition) is 1. The van der Waals surface area contributed by atoms with Gasteiger partial charge in [0.15, 0.2) is 0 Å². The molecule has 3 aliphatic rings. The molecule has 0 aromatic carbocycles. The number of piperazine rings is 1. The highest BCUT2D eigenvalue weighted by molar-refractivity contribution is 7.86. The maximum absolute atomic E-state index is 13.6. The third-order valence-electron chi connectivity index (χ3n) is 7.30. The highest BCUT2D eigenvalue weighted by Crippen LogP contribution is 2.47. The van der Waals surface area contributed by atoms with Gasteiger partial charge in [0, 0.05) is 51.8 Å². The van der Waals surface area contributed by atoms with E-state index in [1.54, 1.807) is 4.31 Å². The smallest absolute Gasteiger partial charge is 0.282 e. The first-order valence-electron chi connectivity index (χ1n) is 11.4. The van der Waals surface area contributed by atoms with Gasteiger partial charge in [-0.3, -0.25) is 0 Å². The van der Waals surface area contributed by atoms with Gasteiger partial charge in [0.1, 0.15) is 17.8 Å². The molecule has 3 fully saturated rings. The van der Waals surface area contributed by atoms with Crippen LogP contribution in [0.4, 0.5) is 14.6 Å². The van der Waals surface area contributed by atoms with Gasteiger partial charge in [0.2, 0.25) is 5.92 Å². The molecule has 32 heavy (non-hydrogen) atoms. The zero-order chi connectivity index (χ0) is 22.6. The summed E-state index contributed by atoms with van der Waals surface area (Å²) in [7, 11) is -3.67. The van der Waals surface area contributed by atoms with E-state index < -0.39 is 21.7 Å². The van der Waals surface area contributed by atoms with Crippen LogP contribution in [-0.4, -0.2) is 76.2 Å². The van der Waals surface area contributed by atoms with Crippen LogP contribution in [0.5, 0.6) is 0 Å². The molecule has 1 aliphatic heterocycles. The number of H-pyrrole nitrogens is 1. The summed E-state index contributed by atoms with van der Waals surface area (Å²) in [4.78, 5) is 14.0. The molecule has 0 bridgehead atoms. The Bertz CT molecular complexity index is 1080. The van der Waals surface area contributed by atoms with Crippen LogP contribution in [0.2, 0.25) is 0 Å². The minimum absolute atomic E-state index is 0.0105. The number of nitrogens with zero attached hydrogens (tertiary/aromatic N) is 5. The monoisotopic (exact) mass is 468 g/mol. The maximum Gasteiger partial charge on any atom is 0.282 e. The summed E-state index contributed by atoms with van der Waals surface area (Å²) >= 11 is 0. The van der Waals surface area contributed by atoms with Crippen molar-refractivity contribution < 1.29 is 17.2 Å². The third-order valence-corrected chi connectivity index (χ3v) is 9.49. The predicted molar refractivity (Wildman–Crippen MR) is 118 cm³/mol. The Hall–Kier alpha value is -1.85. The van der Waals surface area contributed by atoms with Gasteiger partial charge in [-0.2, -0.15) is 17.0 Å². The number of anilines is 1. The van der Waals surface area contributed by atoms with Gasteiger partial charge in [0.25, 0.3) is 10.2 Å². The maximum atomic E-state index is 13.6. The molecule has 1 saturated heterocycles. The molecule has 0 unspecified atom stereocenters. The molecule has 0 radical (unpaired) electrons. The second-order valence-corrected chi connectivity index (χ2v) is 11.3. The van der Waals surface area contributed by atoms with E-state index >= 15 is 0 Å². The van der Waals surface area contributed by atoms with Crippen LogP contribution in [0, 0.1) is 5.92 Å². The third kappa shape index (κ3) is 3.88. The minimum Gasteiger partial charge on any atom is -0.353 e. The van der Waals surface area contributed by atoms with Crippen LogP contribution < -0.4 is 4.90 Å². The number of halogens is 2. The zero-order valence-electron chi connectivity index (χ0n) is 18.3. The van der Waals surface area contributed by atoms with Crippen molar-refractivity contribution in [3.05, 3.63) is 18.6 Å². The Morgan fingerprint density at radius 2 is 1.94 bits per heavy atom. The first kappa shape index (κ1) is 22.0. The number of aromatic amines is 1. The lowest BCUT2D eigenvalue weighted by atomic mass is 9.87. The fourth-order valence-electron chi connectivity index (χ4n) is 5.26. The van der Waals surface area contributed by atoms with Crippen LogP contribution in [0.25, 0.3) is 11.0 Å². The van der Waals surface area contributed by atoms with Crippen LogP contribution >= 0.6 is 0 Å². The summed E-state index contributed by atoms with van der Waals surface area (Å²) in [6.07, 6.45) is 5.44. The van der Waals surface area contributed by atoms with Gasteiger partial charge >= 0.3 is 0 Å². The lowest BCUT2D eigenvalue weighted by Gasteiger charge is -2.44. The Labute approximate surface area is 187 Å². The van der Waals surface area contributed by atoms with E-state index in [-0.39, 0.29) is 18.8 Å². The van der Waals surface area contributed by atoms with Crippen molar-refractivity contribution in [1.82, 2.24) is 23.6 Å². The number of hydrogen-bond acceptors (Lipinski definition) is 5. The molecule has 3 heterocycles. The number of nitrogens with one attached hydrogen (secondary N) is 1. The first-order chi connectivity index (χ1) is 15.2. The van der Waals surface area contributed by atoms with Gasteiger partial charge < -0.3 is 9.88 Å². The van der Waals surface area contributed by atoms with E-state index in [4.69, 9.17) is 0 Å². The van der Waals surface area contributed by atoms with Crippen molar-refractivity contribution in [2.75, 3.05) is 37.6 Å². The SMILES string of the molecule is CCN(CC1CCC(F)(F)CC1)S(=O)(=O)N1CCN(c2ncnc3[nH]ccc23)CC12CC2. The van der Waals surface area contributed by atoms with E-state index in [1.807, 2.05) is 19.2 Å². The average Bonchev–Trinajstić information content (AvgIpc) is 3.33. The van der Waals surface area contributed by atoms with Crippen molar-refractivity contribution in [2.45, 2.75) is 56.9 Å². The fraction of sp³-hybridized carbons (Fsp3) is 0.714. The fourth-order valence-corrected chi connectivity index (χ4v) is 7.31. The number of alkyl halides is 2. The molecule has 176 valence electrons. The molecule has 5 rings (SSSR count). The number of fused-ring (bicyclic) bond motifs is 1.